The normalized spacial score (nSPS) is 29.4. The van der Waals surface area contributed by atoms with Gasteiger partial charge in [0.25, 0.3) is 0 Å². The molecule has 1 saturated heterocycles. The van der Waals surface area contributed by atoms with E-state index in [1.165, 1.54) is 0 Å². The molecule has 0 aromatic rings. The average molecular weight is 199 g/mol. The summed E-state index contributed by atoms with van der Waals surface area (Å²) in [5, 5.41) is 6.04. The summed E-state index contributed by atoms with van der Waals surface area (Å²) in [4.78, 5) is 14.0. The highest BCUT2D eigenvalue weighted by Gasteiger charge is 2.33. The van der Waals surface area contributed by atoms with E-state index in [0.717, 1.165) is 13.1 Å². The molecular formula is C10H21N3O. The van der Waals surface area contributed by atoms with E-state index in [4.69, 9.17) is 0 Å². The minimum absolute atomic E-state index is 0.0174. The van der Waals surface area contributed by atoms with Crippen molar-refractivity contribution in [2.75, 3.05) is 20.1 Å². The van der Waals surface area contributed by atoms with E-state index in [0.29, 0.717) is 6.04 Å². The van der Waals surface area contributed by atoms with Gasteiger partial charge in [-0.1, -0.05) is 0 Å². The van der Waals surface area contributed by atoms with Crippen LogP contribution in [0.4, 0.5) is 0 Å². The predicted octanol–water partition coefficient (Wildman–Crippen LogP) is -0.197. The Kier molecular flexibility index (Phi) is 3.89. The van der Waals surface area contributed by atoms with E-state index in [1.54, 1.807) is 0 Å². The van der Waals surface area contributed by atoms with Gasteiger partial charge in [0.1, 0.15) is 6.04 Å². The average Bonchev–Trinajstić information content (AvgIpc) is 2.09. The van der Waals surface area contributed by atoms with Gasteiger partial charge in [-0.3, -0.25) is 9.69 Å². The minimum Gasteiger partial charge on any atom is -0.351 e. The number of piperazine rings is 1. The third-order valence-corrected chi connectivity index (χ3v) is 2.64. The van der Waals surface area contributed by atoms with E-state index in [1.807, 2.05) is 14.0 Å². The Balaban J connectivity index is 2.70. The lowest BCUT2D eigenvalue weighted by Crippen LogP contribution is -2.63. The third-order valence-electron chi connectivity index (χ3n) is 2.64. The van der Waals surface area contributed by atoms with Crippen LogP contribution in [-0.4, -0.2) is 49.1 Å². The van der Waals surface area contributed by atoms with Crippen LogP contribution < -0.4 is 10.6 Å². The van der Waals surface area contributed by atoms with Gasteiger partial charge in [0.2, 0.25) is 5.91 Å². The molecule has 1 amide bonds. The molecule has 4 nitrogen and oxygen atoms in total. The molecule has 0 spiro atoms. The Morgan fingerprint density at radius 2 is 2.29 bits per heavy atom. The number of likely N-dealkylation sites (N-methyl/N-ethyl adjacent to an activating group) is 1. The molecule has 0 aromatic carbocycles. The van der Waals surface area contributed by atoms with Crippen molar-refractivity contribution in [1.29, 1.82) is 0 Å². The van der Waals surface area contributed by atoms with Crippen molar-refractivity contribution in [2.45, 2.75) is 38.9 Å². The van der Waals surface area contributed by atoms with Crippen molar-refractivity contribution < 1.29 is 4.79 Å². The topological polar surface area (TPSA) is 44.4 Å². The number of nitrogens with one attached hydrogen (secondary N) is 2. The number of carbonyl (C=O) groups excluding carboxylic acids is 1. The summed E-state index contributed by atoms with van der Waals surface area (Å²) >= 11 is 0. The number of hydrogen-bond acceptors (Lipinski definition) is 3. The maximum absolute atomic E-state index is 11.7. The molecule has 0 radical (unpaired) electrons. The molecule has 1 aliphatic heterocycles. The Hall–Kier alpha value is -0.610. The maximum atomic E-state index is 11.7. The summed E-state index contributed by atoms with van der Waals surface area (Å²) in [5.74, 6) is 0.145. The monoisotopic (exact) mass is 199 g/mol. The fraction of sp³-hybridized carbons (Fsp3) is 0.900. The first-order valence-corrected chi connectivity index (χ1v) is 5.27. The highest BCUT2D eigenvalue weighted by molar-refractivity contribution is 5.83. The lowest BCUT2D eigenvalue weighted by Gasteiger charge is -2.40. The van der Waals surface area contributed by atoms with Crippen LogP contribution in [0, 0.1) is 0 Å². The van der Waals surface area contributed by atoms with E-state index in [-0.39, 0.29) is 18.0 Å². The summed E-state index contributed by atoms with van der Waals surface area (Å²) in [7, 11) is 1.88. The van der Waals surface area contributed by atoms with Crippen molar-refractivity contribution in [2.24, 2.45) is 0 Å². The first kappa shape index (κ1) is 11.5. The number of carbonyl (C=O) groups is 1. The van der Waals surface area contributed by atoms with Gasteiger partial charge in [-0.2, -0.15) is 0 Å². The molecule has 2 unspecified atom stereocenters. The van der Waals surface area contributed by atoms with Gasteiger partial charge in [0, 0.05) is 25.2 Å². The van der Waals surface area contributed by atoms with E-state index in [9.17, 15) is 4.79 Å². The molecule has 14 heavy (non-hydrogen) atoms. The standard InChI is InChI=1S/C10H21N3O/c1-7(2)13-6-8(3)12-10(14)9(13)5-11-4/h7-9,11H,5-6H2,1-4H3,(H,12,14). The van der Waals surface area contributed by atoms with Gasteiger partial charge in [-0.25, -0.2) is 0 Å². The first-order valence-electron chi connectivity index (χ1n) is 5.27. The van der Waals surface area contributed by atoms with Crippen LogP contribution >= 0.6 is 0 Å². The van der Waals surface area contributed by atoms with Crippen molar-refractivity contribution in [3.05, 3.63) is 0 Å². The van der Waals surface area contributed by atoms with Crippen LogP contribution in [0.2, 0.25) is 0 Å². The van der Waals surface area contributed by atoms with Gasteiger partial charge in [-0.05, 0) is 27.8 Å². The molecule has 0 aromatic heterocycles. The third kappa shape index (κ3) is 2.45. The van der Waals surface area contributed by atoms with Crippen LogP contribution in [0.25, 0.3) is 0 Å². The molecule has 0 saturated carbocycles. The first-order chi connectivity index (χ1) is 6.56. The quantitative estimate of drug-likeness (QED) is 0.662. The zero-order chi connectivity index (χ0) is 10.7. The van der Waals surface area contributed by atoms with Crippen molar-refractivity contribution in [3.63, 3.8) is 0 Å². The summed E-state index contributed by atoms with van der Waals surface area (Å²) in [6.07, 6.45) is 0. The lowest BCUT2D eigenvalue weighted by atomic mass is 10.1. The van der Waals surface area contributed by atoms with Gasteiger partial charge in [0.05, 0.1) is 0 Å². The Bertz CT molecular complexity index is 206. The van der Waals surface area contributed by atoms with Crippen LogP contribution in [0.5, 0.6) is 0 Å². The second kappa shape index (κ2) is 4.75. The van der Waals surface area contributed by atoms with Crippen LogP contribution in [0.1, 0.15) is 20.8 Å². The van der Waals surface area contributed by atoms with Crippen LogP contribution in [0.3, 0.4) is 0 Å². The van der Waals surface area contributed by atoms with Gasteiger partial charge in [0.15, 0.2) is 0 Å². The summed E-state index contributed by atoms with van der Waals surface area (Å²) in [5.41, 5.74) is 0. The molecule has 82 valence electrons. The molecule has 0 aliphatic carbocycles. The number of rotatable bonds is 3. The molecular weight excluding hydrogens is 178 g/mol. The molecule has 1 rings (SSSR count). The zero-order valence-electron chi connectivity index (χ0n) is 9.50. The summed E-state index contributed by atoms with van der Waals surface area (Å²) in [6, 6.07) is 0.663. The summed E-state index contributed by atoms with van der Waals surface area (Å²) in [6.45, 7) is 7.97. The molecule has 4 heteroatoms. The van der Waals surface area contributed by atoms with E-state index < -0.39 is 0 Å². The highest BCUT2D eigenvalue weighted by Crippen LogP contribution is 2.11. The Morgan fingerprint density at radius 3 is 2.79 bits per heavy atom. The fourth-order valence-corrected chi connectivity index (χ4v) is 1.95. The Labute approximate surface area is 86.0 Å². The van der Waals surface area contributed by atoms with Gasteiger partial charge in [-0.15, -0.1) is 0 Å². The smallest absolute Gasteiger partial charge is 0.238 e. The second-order valence-electron chi connectivity index (χ2n) is 4.27. The molecule has 1 heterocycles. The van der Waals surface area contributed by atoms with E-state index in [2.05, 4.69) is 29.4 Å². The van der Waals surface area contributed by atoms with Gasteiger partial charge < -0.3 is 10.6 Å². The van der Waals surface area contributed by atoms with Crippen molar-refractivity contribution in [1.82, 2.24) is 15.5 Å². The predicted molar refractivity (Wildman–Crippen MR) is 57.2 cm³/mol. The largest absolute Gasteiger partial charge is 0.351 e. The Morgan fingerprint density at radius 1 is 1.64 bits per heavy atom. The van der Waals surface area contributed by atoms with Crippen molar-refractivity contribution >= 4 is 5.91 Å². The van der Waals surface area contributed by atoms with Crippen LogP contribution in [-0.2, 0) is 4.79 Å². The molecule has 2 N–H and O–H groups in total. The van der Waals surface area contributed by atoms with Crippen LogP contribution in [0.15, 0.2) is 0 Å². The number of nitrogens with zero attached hydrogens (tertiary/aromatic N) is 1. The molecule has 1 fully saturated rings. The highest BCUT2D eigenvalue weighted by atomic mass is 16.2. The fourth-order valence-electron chi connectivity index (χ4n) is 1.95. The van der Waals surface area contributed by atoms with Gasteiger partial charge >= 0.3 is 0 Å². The lowest BCUT2D eigenvalue weighted by molar-refractivity contribution is -0.131. The number of hydrogen-bond donors (Lipinski definition) is 2. The maximum Gasteiger partial charge on any atom is 0.238 e. The molecule has 0 bridgehead atoms. The van der Waals surface area contributed by atoms with E-state index >= 15 is 0 Å². The SMILES string of the molecule is CNCC1C(=O)NC(C)CN1C(C)C. The summed E-state index contributed by atoms with van der Waals surface area (Å²) < 4.78 is 0. The second-order valence-corrected chi connectivity index (χ2v) is 4.27. The number of amides is 1. The molecule has 2 atom stereocenters. The molecule has 1 aliphatic rings. The zero-order valence-corrected chi connectivity index (χ0v) is 9.50. The minimum atomic E-state index is -0.0174. The van der Waals surface area contributed by atoms with Crippen molar-refractivity contribution in [3.8, 4) is 0 Å².